The number of hydrogen-bond acceptors (Lipinski definition) is 3. The maximum absolute atomic E-state index is 13.7. The molecule has 6 nitrogen and oxygen atoms in total. The van der Waals surface area contributed by atoms with Crippen LogP contribution in [-0.4, -0.2) is 42.3 Å². The van der Waals surface area contributed by atoms with Crippen molar-refractivity contribution < 1.29 is 18.8 Å². The summed E-state index contributed by atoms with van der Waals surface area (Å²) in [5.41, 5.74) is 1.50. The molecule has 1 aromatic rings. The van der Waals surface area contributed by atoms with E-state index in [-0.39, 0.29) is 41.4 Å². The lowest BCUT2D eigenvalue weighted by atomic mass is 9.49. The molecule has 1 aliphatic heterocycles. The molecule has 1 saturated heterocycles. The third-order valence-electron chi connectivity index (χ3n) is 9.06. The number of carbonyl (C=O) groups excluding carboxylic acids is 3. The lowest BCUT2D eigenvalue weighted by molar-refractivity contribution is -0.137. The number of likely N-dealkylation sites (tertiary alicyclic amines) is 1. The second kappa shape index (κ2) is 9.90. The Morgan fingerprint density at radius 2 is 1.63 bits per heavy atom. The van der Waals surface area contributed by atoms with Crippen LogP contribution in [0.2, 0.25) is 0 Å². The number of rotatable bonds is 7. The third-order valence-corrected chi connectivity index (χ3v) is 9.06. The van der Waals surface area contributed by atoms with E-state index in [1.165, 1.54) is 44.6 Å². The maximum Gasteiger partial charge on any atom is 0.241 e. The number of nitrogens with zero attached hydrogens (tertiary/aromatic N) is 1. The van der Waals surface area contributed by atoms with E-state index in [1.807, 2.05) is 6.07 Å². The van der Waals surface area contributed by atoms with Crippen LogP contribution in [0, 0.1) is 41.8 Å². The van der Waals surface area contributed by atoms with E-state index < -0.39 is 0 Å². The Kier molecular flexibility index (Phi) is 6.86. The SMILES string of the molecule is Cc1ccc(CNC(=O)C2CCN(C(=O)CNC(=O)CC34CC5CC(CC(C5)C3)C4)CC2)cc1F. The molecule has 35 heavy (non-hydrogen) atoms. The normalized spacial score (nSPS) is 29.8. The zero-order chi connectivity index (χ0) is 24.6. The van der Waals surface area contributed by atoms with Crippen LogP contribution in [0.1, 0.15) is 68.9 Å². The van der Waals surface area contributed by atoms with Crippen molar-refractivity contribution in [3.05, 3.63) is 35.1 Å². The molecule has 7 heteroatoms. The third kappa shape index (κ3) is 5.54. The number of aryl methyl sites for hydroxylation is 1. The van der Waals surface area contributed by atoms with Crippen molar-refractivity contribution in [1.82, 2.24) is 15.5 Å². The summed E-state index contributed by atoms with van der Waals surface area (Å²) >= 11 is 0. The van der Waals surface area contributed by atoms with Crippen LogP contribution in [0.15, 0.2) is 18.2 Å². The van der Waals surface area contributed by atoms with E-state index in [2.05, 4.69) is 10.6 Å². The Hall–Kier alpha value is -2.44. The smallest absolute Gasteiger partial charge is 0.241 e. The molecule has 5 fully saturated rings. The van der Waals surface area contributed by atoms with E-state index in [9.17, 15) is 18.8 Å². The van der Waals surface area contributed by atoms with E-state index in [1.54, 1.807) is 17.9 Å². The zero-order valence-electron chi connectivity index (χ0n) is 20.8. The van der Waals surface area contributed by atoms with Crippen molar-refractivity contribution in [2.45, 2.75) is 71.3 Å². The first kappa shape index (κ1) is 24.3. The second-order valence-corrected chi connectivity index (χ2v) is 11.8. The fraction of sp³-hybridized carbons (Fsp3) is 0.679. The Labute approximate surface area is 207 Å². The van der Waals surface area contributed by atoms with E-state index in [0.29, 0.717) is 44.5 Å². The lowest BCUT2D eigenvalue weighted by Gasteiger charge is -2.56. The minimum atomic E-state index is -0.270. The summed E-state index contributed by atoms with van der Waals surface area (Å²) in [6.07, 6.45) is 9.41. The standard InChI is InChI=1S/C28H38FN3O3/c1-18-2-3-19(11-24(18)29)16-31-27(35)23-4-6-32(7-5-23)26(34)17-30-25(33)15-28-12-20-8-21(13-28)10-22(9-20)14-28/h2-3,11,20-23H,4-10,12-17H2,1H3,(H,30,33)(H,31,35). The molecule has 190 valence electrons. The van der Waals surface area contributed by atoms with Crippen molar-refractivity contribution in [3.63, 3.8) is 0 Å². The van der Waals surface area contributed by atoms with E-state index in [0.717, 1.165) is 23.3 Å². The average molecular weight is 484 g/mol. The first-order valence-corrected chi connectivity index (χ1v) is 13.4. The van der Waals surface area contributed by atoms with Gasteiger partial charge < -0.3 is 15.5 Å². The Morgan fingerprint density at radius 1 is 1.00 bits per heavy atom. The van der Waals surface area contributed by atoms with Crippen LogP contribution in [0.5, 0.6) is 0 Å². The van der Waals surface area contributed by atoms with Crippen molar-refractivity contribution in [2.75, 3.05) is 19.6 Å². The molecule has 6 rings (SSSR count). The van der Waals surface area contributed by atoms with Gasteiger partial charge in [-0.2, -0.15) is 0 Å². The highest BCUT2D eigenvalue weighted by molar-refractivity contribution is 5.85. The summed E-state index contributed by atoms with van der Waals surface area (Å²) in [4.78, 5) is 39.7. The Morgan fingerprint density at radius 3 is 2.23 bits per heavy atom. The van der Waals surface area contributed by atoms with Crippen LogP contribution in [-0.2, 0) is 20.9 Å². The predicted octanol–water partition coefficient (Wildman–Crippen LogP) is 3.71. The van der Waals surface area contributed by atoms with Gasteiger partial charge in [-0.3, -0.25) is 14.4 Å². The summed E-state index contributed by atoms with van der Waals surface area (Å²) in [5.74, 6) is 1.90. The molecule has 1 aromatic carbocycles. The molecule has 0 spiro atoms. The van der Waals surface area contributed by atoms with Gasteiger partial charge in [0, 0.05) is 32.0 Å². The van der Waals surface area contributed by atoms with Gasteiger partial charge >= 0.3 is 0 Å². The number of piperidine rings is 1. The highest BCUT2D eigenvalue weighted by Crippen LogP contribution is 2.61. The maximum atomic E-state index is 13.7. The minimum Gasteiger partial charge on any atom is -0.352 e. The molecule has 4 aliphatic carbocycles. The summed E-state index contributed by atoms with van der Waals surface area (Å²) < 4.78 is 13.7. The van der Waals surface area contributed by atoms with Crippen molar-refractivity contribution in [2.24, 2.45) is 29.1 Å². The number of amides is 3. The molecule has 4 bridgehead atoms. The van der Waals surface area contributed by atoms with Gasteiger partial charge in [0.05, 0.1) is 6.54 Å². The summed E-state index contributed by atoms with van der Waals surface area (Å²) in [5, 5.41) is 5.79. The van der Waals surface area contributed by atoms with E-state index >= 15 is 0 Å². The topological polar surface area (TPSA) is 78.5 Å². The zero-order valence-corrected chi connectivity index (χ0v) is 20.8. The monoisotopic (exact) mass is 483 g/mol. The lowest BCUT2D eigenvalue weighted by Crippen LogP contribution is -2.49. The highest BCUT2D eigenvalue weighted by atomic mass is 19.1. The van der Waals surface area contributed by atoms with Crippen LogP contribution in [0.3, 0.4) is 0 Å². The number of benzene rings is 1. The van der Waals surface area contributed by atoms with Gasteiger partial charge in [0.2, 0.25) is 17.7 Å². The summed E-state index contributed by atoms with van der Waals surface area (Å²) in [7, 11) is 0. The molecular weight excluding hydrogens is 445 g/mol. The second-order valence-electron chi connectivity index (χ2n) is 11.8. The Balaban J connectivity index is 1.02. The fourth-order valence-electron chi connectivity index (χ4n) is 7.67. The van der Waals surface area contributed by atoms with Gasteiger partial charge in [0.25, 0.3) is 0 Å². The fourth-order valence-corrected chi connectivity index (χ4v) is 7.67. The number of carbonyl (C=O) groups is 3. The molecule has 0 radical (unpaired) electrons. The van der Waals surface area contributed by atoms with Crippen LogP contribution < -0.4 is 10.6 Å². The van der Waals surface area contributed by atoms with Crippen LogP contribution in [0.4, 0.5) is 4.39 Å². The summed E-state index contributed by atoms with van der Waals surface area (Å²) in [6.45, 7) is 3.08. The first-order chi connectivity index (χ1) is 16.8. The largest absolute Gasteiger partial charge is 0.352 e. The summed E-state index contributed by atoms with van der Waals surface area (Å²) in [6, 6.07) is 4.98. The van der Waals surface area contributed by atoms with Gasteiger partial charge in [-0.15, -0.1) is 0 Å². The molecule has 1 heterocycles. The predicted molar refractivity (Wildman–Crippen MR) is 131 cm³/mol. The molecule has 0 atom stereocenters. The number of halogens is 1. The Bertz CT molecular complexity index is 950. The van der Waals surface area contributed by atoms with Crippen LogP contribution in [0.25, 0.3) is 0 Å². The van der Waals surface area contributed by atoms with Crippen molar-refractivity contribution in [3.8, 4) is 0 Å². The quantitative estimate of drug-likeness (QED) is 0.621. The molecule has 0 aromatic heterocycles. The first-order valence-electron chi connectivity index (χ1n) is 13.4. The minimum absolute atomic E-state index is 0.0158. The molecule has 2 N–H and O–H groups in total. The van der Waals surface area contributed by atoms with Gasteiger partial charge in [0.15, 0.2) is 0 Å². The van der Waals surface area contributed by atoms with Gasteiger partial charge in [-0.1, -0.05) is 12.1 Å². The van der Waals surface area contributed by atoms with Gasteiger partial charge in [-0.05, 0) is 98.7 Å². The average Bonchev–Trinajstić information content (AvgIpc) is 2.82. The van der Waals surface area contributed by atoms with Crippen molar-refractivity contribution >= 4 is 17.7 Å². The van der Waals surface area contributed by atoms with Crippen LogP contribution >= 0.6 is 0 Å². The molecular formula is C28H38FN3O3. The van der Waals surface area contributed by atoms with Crippen molar-refractivity contribution in [1.29, 1.82) is 0 Å². The molecule has 5 aliphatic rings. The van der Waals surface area contributed by atoms with E-state index in [4.69, 9.17) is 0 Å². The molecule has 3 amide bonds. The molecule has 0 unspecified atom stereocenters. The highest BCUT2D eigenvalue weighted by Gasteiger charge is 2.51. The molecule has 4 saturated carbocycles. The van der Waals surface area contributed by atoms with Gasteiger partial charge in [0.1, 0.15) is 5.82 Å². The number of nitrogens with one attached hydrogen (secondary N) is 2. The number of hydrogen-bond donors (Lipinski definition) is 2. The van der Waals surface area contributed by atoms with Gasteiger partial charge in [-0.25, -0.2) is 4.39 Å².